The molecule has 3 aromatic carbocycles. The maximum Gasteiger partial charge on any atom is 0.333 e. The lowest BCUT2D eigenvalue weighted by atomic mass is 10.0. The van der Waals surface area contributed by atoms with Gasteiger partial charge < -0.3 is 9.84 Å². The average Bonchev–Trinajstić information content (AvgIpc) is 2.86. The minimum atomic E-state index is -0.944. The molecule has 0 unspecified atom stereocenters. The second kappa shape index (κ2) is 9.14. The van der Waals surface area contributed by atoms with E-state index in [-0.39, 0.29) is 6.54 Å². The van der Waals surface area contributed by atoms with Gasteiger partial charge in [0.05, 0.1) is 35.6 Å². The van der Waals surface area contributed by atoms with Crippen LogP contribution in [0.25, 0.3) is 17.0 Å². The predicted octanol–water partition coefficient (Wildman–Crippen LogP) is 5.23. The third kappa shape index (κ3) is 4.71. The fourth-order valence-corrected chi connectivity index (χ4v) is 3.73. The standard InChI is InChI=1S/C27H22N2O4/c30-27(31)22-15-21-6-2-4-8-26(21)29(16-22)33-17-19-9-13-24(14-10-19)32-18-23-12-11-20-5-1-3-7-25(20)28-23/h1-15H,16-18H2,(H,30,31). The summed E-state index contributed by atoms with van der Waals surface area (Å²) in [5, 5.41) is 12.2. The number of hydroxylamine groups is 1. The first-order valence-corrected chi connectivity index (χ1v) is 10.7. The van der Waals surface area contributed by atoms with Crippen LogP contribution in [0.5, 0.6) is 5.75 Å². The zero-order valence-electron chi connectivity index (χ0n) is 17.8. The summed E-state index contributed by atoms with van der Waals surface area (Å²) >= 11 is 0. The number of carboxylic acids is 1. The highest BCUT2D eigenvalue weighted by Gasteiger charge is 2.22. The van der Waals surface area contributed by atoms with Crippen molar-refractivity contribution in [3.8, 4) is 5.75 Å². The highest BCUT2D eigenvalue weighted by molar-refractivity contribution is 5.96. The molecular weight excluding hydrogens is 416 g/mol. The summed E-state index contributed by atoms with van der Waals surface area (Å²) in [6.45, 7) is 0.885. The largest absolute Gasteiger partial charge is 0.487 e. The maximum atomic E-state index is 11.5. The number of pyridine rings is 1. The molecule has 1 aliphatic heterocycles. The van der Waals surface area contributed by atoms with Crippen molar-refractivity contribution < 1.29 is 19.5 Å². The third-order valence-electron chi connectivity index (χ3n) is 5.48. The molecule has 0 fully saturated rings. The van der Waals surface area contributed by atoms with Crippen LogP contribution in [0.2, 0.25) is 0 Å². The van der Waals surface area contributed by atoms with Gasteiger partial charge in [0.1, 0.15) is 12.4 Å². The lowest BCUT2D eigenvalue weighted by molar-refractivity contribution is -0.132. The number of carboxylic acid groups (broad SMARTS) is 1. The average molecular weight is 438 g/mol. The van der Waals surface area contributed by atoms with Crippen LogP contribution in [0.3, 0.4) is 0 Å². The van der Waals surface area contributed by atoms with Crippen LogP contribution < -0.4 is 9.80 Å². The van der Waals surface area contributed by atoms with Crippen molar-refractivity contribution in [3.63, 3.8) is 0 Å². The van der Waals surface area contributed by atoms with E-state index in [1.807, 2.05) is 84.9 Å². The number of ether oxygens (including phenoxy) is 1. The number of aromatic nitrogens is 1. The molecule has 0 spiro atoms. The first-order chi connectivity index (χ1) is 16.2. The maximum absolute atomic E-state index is 11.5. The molecule has 1 aromatic heterocycles. The van der Waals surface area contributed by atoms with Crippen LogP contribution in [0, 0.1) is 0 Å². The van der Waals surface area contributed by atoms with Gasteiger partial charge >= 0.3 is 5.97 Å². The lowest BCUT2D eigenvalue weighted by Gasteiger charge is -2.29. The number of anilines is 1. The van der Waals surface area contributed by atoms with Gasteiger partial charge in [0.2, 0.25) is 0 Å². The summed E-state index contributed by atoms with van der Waals surface area (Å²) in [7, 11) is 0. The Morgan fingerprint density at radius 3 is 2.55 bits per heavy atom. The molecule has 0 atom stereocenters. The second-order valence-corrected chi connectivity index (χ2v) is 7.77. The van der Waals surface area contributed by atoms with E-state index in [4.69, 9.17) is 9.57 Å². The van der Waals surface area contributed by atoms with E-state index < -0.39 is 5.97 Å². The minimum absolute atomic E-state index is 0.187. The molecule has 0 bridgehead atoms. The molecule has 5 rings (SSSR count). The van der Waals surface area contributed by atoms with Crippen molar-refractivity contribution in [3.05, 3.63) is 107 Å². The molecule has 33 heavy (non-hydrogen) atoms. The predicted molar refractivity (Wildman–Crippen MR) is 127 cm³/mol. The minimum Gasteiger partial charge on any atom is -0.487 e. The Hall–Kier alpha value is -4.16. The van der Waals surface area contributed by atoms with E-state index in [1.165, 1.54) is 0 Å². The summed E-state index contributed by atoms with van der Waals surface area (Å²) in [6, 6.07) is 27.3. The van der Waals surface area contributed by atoms with Crippen LogP contribution in [0.1, 0.15) is 16.8 Å². The zero-order valence-corrected chi connectivity index (χ0v) is 17.8. The van der Waals surface area contributed by atoms with Crippen molar-refractivity contribution >= 4 is 28.6 Å². The van der Waals surface area contributed by atoms with Crippen LogP contribution in [0.15, 0.2) is 90.5 Å². The molecule has 0 saturated carbocycles. The molecule has 4 aromatic rings. The number of para-hydroxylation sites is 2. The highest BCUT2D eigenvalue weighted by atomic mass is 16.7. The normalized spacial score (nSPS) is 12.8. The number of carbonyl (C=O) groups is 1. The van der Waals surface area contributed by atoms with Crippen LogP contribution in [0.4, 0.5) is 5.69 Å². The fourth-order valence-electron chi connectivity index (χ4n) is 3.73. The van der Waals surface area contributed by atoms with Gasteiger partial charge in [0, 0.05) is 10.9 Å². The van der Waals surface area contributed by atoms with Crippen molar-refractivity contribution in [2.45, 2.75) is 13.2 Å². The molecule has 0 amide bonds. The van der Waals surface area contributed by atoms with E-state index in [0.717, 1.165) is 39.2 Å². The van der Waals surface area contributed by atoms with Crippen molar-refractivity contribution in [2.75, 3.05) is 11.6 Å². The highest BCUT2D eigenvalue weighted by Crippen LogP contribution is 2.29. The summed E-state index contributed by atoms with van der Waals surface area (Å²) in [5.74, 6) is -0.200. The number of aliphatic carboxylic acids is 1. The summed E-state index contributed by atoms with van der Waals surface area (Å²) in [6.07, 6.45) is 1.69. The Labute approximate surface area is 191 Å². The summed E-state index contributed by atoms with van der Waals surface area (Å²) < 4.78 is 5.89. The molecule has 6 nitrogen and oxygen atoms in total. The van der Waals surface area contributed by atoms with Gasteiger partial charge in [-0.1, -0.05) is 54.6 Å². The molecule has 1 aliphatic rings. The van der Waals surface area contributed by atoms with Crippen molar-refractivity contribution in [1.29, 1.82) is 0 Å². The Morgan fingerprint density at radius 2 is 1.70 bits per heavy atom. The Kier molecular flexibility index (Phi) is 5.74. The van der Waals surface area contributed by atoms with Crippen LogP contribution in [-0.2, 0) is 22.8 Å². The first kappa shape index (κ1) is 20.7. The van der Waals surface area contributed by atoms with Gasteiger partial charge in [-0.3, -0.25) is 4.84 Å². The molecule has 0 radical (unpaired) electrons. The van der Waals surface area contributed by atoms with Crippen molar-refractivity contribution in [1.82, 2.24) is 4.98 Å². The van der Waals surface area contributed by atoms with Gasteiger partial charge in [0.15, 0.2) is 0 Å². The van der Waals surface area contributed by atoms with E-state index in [9.17, 15) is 9.90 Å². The van der Waals surface area contributed by atoms with Crippen LogP contribution in [-0.4, -0.2) is 22.6 Å². The Balaban J connectivity index is 1.20. The number of nitrogens with zero attached hydrogens (tertiary/aromatic N) is 2. The molecule has 0 saturated heterocycles. The molecular formula is C27H22N2O4. The summed E-state index contributed by atoms with van der Waals surface area (Å²) in [5.41, 5.74) is 4.74. The molecule has 6 heteroatoms. The first-order valence-electron chi connectivity index (χ1n) is 10.7. The van der Waals surface area contributed by atoms with Gasteiger partial charge in [-0.15, -0.1) is 0 Å². The monoisotopic (exact) mass is 438 g/mol. The van der Waals surface area contributed by atoms with Gasteiger partial charge in [0.25, 0.3) is 0 Å². The van der Waals surface area contributed by atoms with E-state index in [1.54, 1.807) is 11.1 Å². The molecule has 164 valence electrons. The quantitative estimate of drug-likeness (QED) is 0.426. The second-order valence-electron chi connectivity index (χ2n) is 7.77. The number of hydrogen-bond donors (Lipinski definition) is 1. The zero-order chi connectivity index (χ0) is 22.6. The third-order valence-corrected chi connectivity index (χ3v) is 5.48. The molecule has 0 aliphatic carbocycles. The molecule has 1 N–H and O–H groups in total. The topological polar surface area (TPSA) is 71.9 Å². The summed E-state index contributed by atoms with van der Waals surface area (Å²) in [4.78, 5) is 22.1. The van der Waals surface area contributed by atoms with Gasteiger partial charge in [-0.25, -0.2) is 14.8 Å². The number of benzene rings is 3. The Bertz CT molecular complexity index is 1330. The van der Waals surface area contributed by atoms with Crippen molar-refractivity contribution in [2.24, 2.45) is 0 Å². The van der Waals surface area contributed by atoms with E-state index in [2.05, 4.69) is 4.98 Å². The van der Waals surface area contributed by atoms with Gasteiger partial charge in [-0.05, 0) is 42.0 Å². The number of fused-ring (bicyclic) bond motifs is 2. The fraction of sp³-hybridized carbons (Fsp3) is 0.111. The number of rotatable bonds is 7. The molecule has 2 heterocycles. The van der Waals surface area contributed by atoms with Gasteiger partial charge in [-0.2, -0.15) is 0 Å². The SMILES string of the molecule is O=C(O)C1=Cc2ccccc2N(OCc2ccc(OCc3ccc4ccccc4n3)cc2)C1. The lowest BCUT2D eigenvalue weighted by Crippen LogP contribution is -2.31. The Morgan fingerprint density at radius 1 is 0.909 bits per heavy atom. The number of hydrogen-bond acceptors (Lipinski definition) is 5. The smallest absolute Gasteiger partial charge is 0.333 e. The van der Waals surface area contributed by atoms with E-state index >= 15 is 0 Å². The van der Waals surface area contributed by atoms with E-state index in [0.29, 0.717) is 18.8 Å². The van der Waals surface area contributed by atoms with Crippen LogP contribution >= 0.6 is 0 Å².